The number of fused-ring (bicyclic) bond motifs is 1. The molecule has 0 aliphatic rings. The lowest BCUT2D eigenvalue weighted by molar-refractivity contribution is -0.118. The van der Waals surface area contributed by atoms with E-state index in [0.29, 0.717) is 18.8 Å². The summed E-state index contributed by atoms with van der Waals surface area (Å²) in [6.07, 6.45) is 1.59. The molecular weight excluding hydrogens is 336 g/mol. The maximum absolute atomic E-state index is 12.1. The number of furan rings is 1. The van der Waals surface area contributed by atoms with E-state index in [4.69, 9.17) is 4.42 Å². The predicted octanol–water partition coefficient (Wildman–Crippen LogP) is 2.69. The van der Waals surface area contributed by atoms with E-state index in [1.54, 1.807) is 12.3 Å². The molecule has 0 bridgehead atoms. The van der Waals surface area contributed by atoms with Gasteiger partial charge in [-0.2, -0.15) is 0 Å². The Morgan fingerprint density at radius 2 is 2.04 bits per heavy atom. The van der Waals surface area contributed by atoms with E-state index in [1.807, 2.05) is 49.3 Å². The highest BCUT2D eigenvalue weighted by Gasteiger charge is 2.11. The van der Waals surface area contributed by atoms with E-state index in [2.05, 4.69) is 15.3 Å². The number of benzene rings is 1. The third-order valence-corrected chi connectivity index (χ3v) is 4.44. The summed E-state index contributed by atoms with van der Waals surface area (Å²) in [7, 11) is 3.96. The Hall–Kier alpha value is -2.38. The van der Waals surface area contributed by atoms with Gasteiger partial charge in [-0.15, -0.1) is 0 Å². The molecule has 1 amide bonds. The second kappa shape index (κ2) is 8.13. The molecule has 130 valence electrons. The summed E-state index contributed by atoms with van der Waals surface area (Å²) in [5.74, 6) is 1.72. The minimum Gasteiger partial charge on any atom is -0.467 e. The summed E-state index contributed by atoms with van der Waals surface area (Å²) >= 11 is 1.42. The van der Waals surface area contributed by atoms with Crippen molar-refractivity contribution in [2.24, 2.45) is 0 Å². The average Bonchev–Trinajstić information content (AvgIpc) is 3.11. The molecular formula is C18H20N4O2S. The molecule has 0 unspecified atom stereocenters. The molecule has 0 spiro atoms. The van der Waals surface area contributed by atoms with Crippen LogP contribution in [0.1, 0.15) is 11.6 Å². The summed E-state index contributed by atoms with van der Waals surface area (Å²) < 4.78 is 5.21. The SMILES string of the molecule is CN(C)Cc1nc(SCC(=O)NCc2ccco2)c2ccccc2n1. The zero-order valence-corrected chi connectivity index (χ0v) is 15.0. The zero-order chi connectivity index (χ0) is 17.6. The van der Waals surface area contributed by atoms with Gasteiger partial charge in [-0.05, 0) is 32.3 Å². The Morgan fingerprint density at radius 3 is 2.80 bits per heavy atom. The Bertz CT molecular complexity index is 849. The molecule has 0 saturated carbocycles. The third kappa shape index (κ3) is 4.80. The molecule has 3 rings (SSSR count). The maximum atomic E-state index is 12.1. The van der Waals surface area contributed by atoms with Crippen LogP contribution in [0.5, 0.6) is 0 Å². The highest BCUT2D eigenvalue weighted by atomic mass is 32.2. The van der Waals surface area contributed by atoms with Gasteiger partial charge in [0.05, 0.1) is 30.6 Å². The van der Waals surface area contributed by atoms with Crippen molar-refractivity contribution in [1.29, 1.82) is 0 Å². The minimum atomic E-state index is -0.0572. The number of aromatic nitrogens is 2. The summed E-state index contributed by atoms with van der Waals surface area (Å²) in [4.78, 5) is 23.3. The second-order valence-electron chi connectivity index (χ2n) is 5.84. The summed E-state index contributed by atoms with van der Waals surface area (Å²) in [6, 6.07) is 11.5. The van der Waals surface area contributed by atoms with E-state index in [9.17, 15) is 4.79 Å². The molecule has 0 saturated heterocycles. The van der Waals surface area contributed by atoms with E-state index < -0.39 is 0 Å². The number of carbonyl (C=O) groups excluding carboxylic acids is 1. The third-order valence-electron chi connectivity index (χ3n) is 3.45. The Kier molecular flexibility index (Phi) is 5.67. The highest BCUT2D eigenvalue weighted by Crippen LogP contribution is 2.25. The smallest absolute Gasteiger partial charge is 0.230 e. The van der Waals surface area contributed by atoms with Crippen molar-refractivity contribution in [3.05, 3.63) is 54.2 Å². The Morgan fingerprint density at radius 1 is 1.20 bits per heavy atom. The van der Waals surface area contributed by atoms with Crippen LogP contribution in [-0.4, -0.2) is 40.6 Å². The molecule has 2 aromatic heterocycles. The van der Waals surface area contributed by atoms with Crippen LogP contribution in [-0.2, 0) is 17.9 Å². The van der Waals surface area contributed by atoms with Gasteiger partial charge in [0.1, 0.15) is 16.6 Å². The number of para-hydroxylation sites is 1. The van der Waals surface area contributed by atoms with Crippen LogP contribution >= 0.6 is 11.8 Å². The Labute approximate surface area is 150 Å². The first kappa shape index (κ1) is 17.4. The first-order chi connectivity index (χ1) is 12.1. The number of hydrogen-bond donors (Lipinski definition) is 1. The van der Waals surface area contributed by atoms with Crippen LogP contribution in [0.4, 0.5) is 0 Å². The second-order valence-corrected chi connectivity index (χ2v) is 6.81. The molecule has 1 aromatic carbocycles. The van der Waals surface area contributed by atoms with Crippen LogP contribution in [0.2, 0.25) is 0 Å². The van der Waals surface area contributed by atoms with Gasteiger partial charge in [0.2, 0.25) is 5.91 Å². The molecule has 3 aromatic rings. The van der Waals surface area contributed by atoms with Gasteiger partial charge in [0, 0.05) is 5.39 Å². The molecule has 6 nitrogen and oxygen atoms in total. The van der Waals surface area contributed by atoms with Crippen LogP contribution in [0, 0.1) is 0 Å². The summed E-state index contributed by atoms with van der Waals surface area (Å²) in [5.41, 5.74) is 0.896. The van der Waals surface area contributed by atoms with Gasteiger partial charge >= 0.3 is 0 Å². The van der Waals surface area contributed by atoms with Crippen LogP contribution in [0.3, 0.4) is 0 Å². The van der Waals surface area contributed by atoms with E-state index in [-0.39, 0.29) is 5.91 Å². The van der Waals surface area contributed by atoms with Crippen LogP contribution in [0.15, 0.2) is 52.1 Å². The van der Waals surface area contributed by atoms with Gasteiger partial charge in [-0.25, -0.2) is 9.97 Å². The number of rotatable bonds is 7. The molecule has 7 heteroatoms. The number of hydrogen-bond acceptors (Lipinski definition) is 6. The van der Waals surface area contributed by atoms with Crippen molar-refractivity contribution >= 4 is 28.6 Å². The van der Waals surface area contributed by atoms with Crippen molar-refractivity contribution in [2.75, 3.05) is 19.8 Å². The molecule has 0 radical (unpaired) electrons. The van der Waals surface area contributed by atoms with Gasteiger partial charge < -0.3 is 14.6 Å². The average molecular weight is 356 g/mol. The lowest BCUT2D eigenvalue weighted by atomic mass is 10.2. The minimum absolute atomic E-state index is 0.0572. The van der Waals surface area contributed by atoms with Gasteiger partial charge in [-0.3, -0.25) is 4.79 Å². The number of thioether (sulfide) groups is 1. The van der Waals surface area contributed by atoms with Crippen LogP contribution < -0.4 is 5.32 Å². The van der Waals surface area contributed by atoms with E-state index >= 15 is 0 Å². The molecule has 0 aliphatic carbocycles. The van der Waals surface area contributed by atoms with Gasteiger partial charge in [0.25, 0.3) is 0 Å². The number of nitrogens with one attached hydrogen (secondary N) is 1. The number of nitrogens with zero attached hydrogens (tertiary/aromatic N) is 3. The first-order valence-electron chi connectivity index (χ1n) is 7.94. The fourth-order valence-corrected chi connectivity index (χ4v) is 3.21. The summed E-state index contributed by atoms with van der Waals surface area (Å²) in [5, 5.41) is 4.64. The predicted molar refractivity (Wildman–Crippen MR) is 98.2 cm³/mol. The van der Waals surface area contributed by atoms with Crippen molar-refractivity contribution in [3.8, 4) is 0 Å². The maximum Gasteiger partial charge on any atom is 0.230 e. The highest BCUT2D eigenvalue weighted by molar-refractivity contribution is 8.00. The number of carbonyl (C=O) groups is 1. The van der Waals surface area contributed by atoms with E-state index in [1.165, 1.54) is 11.8 Å². The lowest BCUT2D eigenvalue weighted by Gasteiger charge is -2.11. The fraction of sp³-hybridized carbons (Fsp3) is 0.278. The standard InChI is InChI=1S/C18H20N4O2S/c1-22(2)11-16-20-15-8-4-3-7-14(15)18(21-16)25-12-17(23)19-10-13-6-5-9-24-13/h3-9H,10-12H2,1-2H3,(H,19,23). The molecule has 0 atom stereocenters. The molecule has 1 N–H and O–H groups in total. The normalized spacial score (nSPS) is 11.2. The lowest BCUT2D eigenvalue weighted by Crippen LogP contribution is -2.24. The first-order valence-corrected chi connectivity index (χ1v) is 8.92. The summed E-state index contributed by atoms with van der Waals surface area (Å²) in [6.45, 7) is 1.05. The van der Waals surface area contributed by atoms with Gasteiger partial charge in [-0.1, -0.05) is 30.0 Å². The van der Waals surface area contributed by atoms with Gasteiger partial charge in [0.15, 0.2) is 0 Å². The van der Waals surface area contributed by atoms with Crippen molar-refractivity contribution < 1.29 is 9.21 Å². The molecule has 25 heavy (non-hydrogen) atoms. The van der Waals surface area contributed by atoms with Crippen LogP contribution in [0.25, 0.3) is 10.9 Å². The zero-order valence-electron chi connectivity index (χ0n) is 14.2. The molecule has 0 aliphatic heterocycles. The fourth-order valence-electron chi connectivity index (χ4n) is 2.34. The van der Waals surface area contributed by atoms with Crippen molar-refractivity contribution in [2.45, 2.75) is 18.1 Å². The van der Waals surface area contributed by atoms with E-state index in [0.717, 1.165) is 27.5 Å². The Balaban J connectivity index is 1.69. The topological polar surface area (TPSA) is 71.3 Å². The largest absolute Gasteiger partial charge is 0.467 e. The molecule has 0 fully saturated rings. The number of amides is 1. The monoisotopic (exact) mass is 356 g/mol. The molecule has 2 heterocycles. The van der Waals surface area contributed by atoms with Crippen molar-refractivity contribution in [3.63, 3.8) is 0 Å². The van der Waals surface area contributed by atoms with Crippen molar-refractivity contribution in [1.82, 2.24) is 20.2 Å². The quantitative estimate of drug-likeness (QED) is 0.518.